The summed E-state index contributed by atoms with van der Waals surface area (Å²) >= 11 is 0. The van der Waals surface area contributed by atoms with Crippen molar-refractivity contribution in [1.29, 1.82) is 5.41 Å². The molecule has 0 radical (unpaired) electrons. The summed E-state index contributed by atoms with van der Waals surface area (Å²) in [6.45, 7) is 6.70. The van der Waals surface area contributed by atoms with Crippen molar-refractivity contribution in [2.45, 2.75) is 52.0 Å². The molecule has 198 valence electrons. The van der Waals surface area contributed by atoms with Crippen molar-refractivity contribution < 1.29 is 28.2 Å². The van der Waals surface area contributed by atoms with E-state index in [9.17, 15) is 9.59 Å². The van der Waals surface area contributed by atoms with Crippen LogP contribution in [-0.2, 0) is 16.8 Å². The molecule has 0 saturated carbocycles. The normalized spacial score (nSPS) is 15.6. The fraction of sp³-hybridized carbons (Fsp3) is 0.464. The summed E-state index contributed by atoms with van der Waals surface area (Å²) in [4.78, 5) is 29.6. The predicted octanol–water partition coefficient (Wildman–Crippen LogP) is 4.69. The predicted molar refractivity (Wildman–Crippen MR) is 139 cm³/mol. The number of methoxy groups -OCH3 is 3. The molecule has 1 fully saturated rings. The number of nitrogens with one attached hydrogen (secondary N) is 1. The number of halogens is 1. The zero-order chi connectivity index (χ0) is 27.1. The van der Waals surface area contributed by atoms with Crippen molar-refractivity contribution in [2.75, 3.05) is 39.3 Å². The molecule has 2 aromatic rings. The van der Waals surface area contributed by atoms with Crippen LogP contribution in [0.3, 0.4) is 0 Å². The second-order valence-corrected chi connectivity index (χ2v) is 10.4. The van der Waals surface area contributed by atoms with E-state index in [1.54, 1.807) is 30.2 Å². The number of hydrogen-bond donors (Lipinski definition) is 1. The molecule has 2 aliphatic rings. The minimum Gasteiger partial charge on any atom is -0.494 e. The van der Waals surface area contributed by atoms with Gasteiger partial charge in [-0.25, -0.2) is 4.39 Å². The van der Waals surface area contributed by atoms with E-state index in [2.05, 4.69) is 0 Å². The third-order valence-electron chi connectivity index (χ3n) is 6.96. The Kier molecular flexibility index (Phi) is 7.17. The topological polar surface area (TPSA) is 92.2 Å². The van der Waals surface area contributed by atoms with Crippen molar-refractivity contribution in [3.63, 3.8) is 0 Å². The van der Waals surface area contributed by atoms with Crippen LogP contribution in [0.25, 0.3) is 0 Å². The number of ketones is 1. The first kappa shape index (κ1) is 26.4. The number of fused-ring (bicyclic) bond motifs is 1. The third kappa shape index (κ3) is 4.74. The molecular weight excluding hydrogens is 477 g/mol. The minimum absolute atomic E-state index is 0.00384. The molecule has 0 unspecified atom stereocenters. The van der Waals surface area contributed by atoms with Gasteiger partial charge in [0.05, 0.1) is 39.1 Å². The quantitative estimate of drug-likeness (QED) is 0.543. The van der Waals surface area contributed by atoms with Crippen LogP contribution in [0.15, 0.2) is 18.2 Å². The Morgan fingerprint density at radius 2 is 1.76 bits per heavy atom. The number of hydrogen-bond acceptors (Lipinski definition) is 6. The van der Waals surface area contributed by atoms with Gasteiger partial charge in [0.1, 0.15) is 11.6 Å². The molecule has 1 amide bonds. The number of piperidine rings is 1. The van der Waals surface area contributed by atoms with Crippen molar-refractivity contribution in [2.24, 2.45) is 0 Å². The molecule has 37 heavy (non-hydrogen) atoms. The number of carbonyl (C=O) groups is 2. The summed E-state index contributed by atoms with van der Waals surface area (Å²) in [5.41, 5.74) is 2.12. The van der Waals surface area contributed by atoms with Gasteiger partial charge in [0, 0.05) is 30.6 Å². The van der Waals surface area contributed by atoms with E-state index in [1.165, 1.54) is 19.1 Å². The highest BCUT2D eigenvalue weighted by molar-refractivity contribution is 6.07. The molecule has 1 N–H and O–H groups in total. The van der Waals surface area contributed by atoms with Crippen molar-refractivity contribution in [3.05, 3.63) is 46.3 Å². The highest BCUT2D eigenvalue weighted by Gasteiger charge is 2.34. The van der Waals surface area contributed by atoms with E-state index in [0.29, 0.717) is 35.5 Å². The van der Waals surface area contributed by atoms with Crippen molar-refractivity contribution >= 4 is 23.2 Å². The molecule has 2 heterocycles. The first-order valence-electron chi connectivity index (χ1n) is 12.3. The number of Topliss-reactive ketones (excluding diaryl/α,β-unsaturated/α-hetero) is 1. The molecule has 2 aromatic carbocycles. The Labute approximate surface area is 216 Å². The van der Waals surface area contributed by atoms with Crippen LogP contribution in [0.4, 0.5) is 10.1 Å². The average molecular weight is 512 g/mol. The van der Waals surface area contributed by atoms with Crippen LogP contribution in [0.1, 0.15) is 67.1 Å². The lowest BCUT2D eigenvalue weighted by molar-refractivity contribution is -0.119. The van der Waals surface area contributed by atoms with E-state index >= 15 is 4.39 Å². The number of carbonyl (C=O) groups excluding carboxylic acids is 2. The summed E-state index contributed by atoms with van der Waals surface area (Å²) in [5.74, 6) is -0.248. The van der Waals surface area contributed by atoms with Gasteiger partial charge in [0.2, 0.25) is 5.91 Å². The monoisotopic (exact) mass is 511 g/mol. The third-order valence-corrected chi connectivity index (χ3v) is 6.96. The van der Waals surface area contributed by atoms with Gasteiger partial charge in [-0.05, 0) is 42.0 Å². The number of rotatable bonds is 7. The maximum absolute atomic E-state index is 15.2. The zero-order valence-electron chi connectivity index (χ0n) is 22.3. The van der Waals surface area contributed by atoms with Gasteiger partial charge in [-0.1, -0.05) is 20.8 Å². The first-order valence-corrected chi connectivity index (χ1v) is 12.3. The lowest BCUT2D eigenvalue weighted by Crippen LogP contribution is -2.36. The van der Waals surface area contributed by atoms with Gasteiger partial charge < -0.3 is 24.0 Å². The molecule has 1 saturated heterocycles. The Balaban J connectivity index is 1.70. The number of benzene rings is 2. The Morgan fingerprint density at radius 1 is 1.05 bits per heavy atom. The second kappa shape index (κ2) is 10.0. The number of amidine groups is 1. The van der Waals surface area contributed by atoms with E-state index in [4.69, 9.17) is 19.6 Å². The molecule has 0 atom stereocenters. The number of anilines is 1. The van der Waals surface area contributed by atoms with Gasteiger partial charge in [-0.3, -0.25) is 15.0 Å². The van der Waals surface area contributed by atoms with E-state index in [-0.39, 0.29) is 53.1 Å². The highest BCUT2D eigenvalue weighted by atomic mass is 19.1. The van der Waals surface area contributed by atoms with Gasteiger partial charge in [-0.15, -0.1) is 0 Å². The summed E-state index contributed by atoms with van der Waals surface area (Å²) in [6.07, 6.45) is 2.17. The van der Waals surface area contributed by atoms with Crippen LogP contribution in [0.2, 0.25) is 0 Å². The van der Waals surface area contributed by atoms with Gasteiger partial charge >= 0.3 is 0 Å². The van der Waals surface area contributed by atoms with Crippen molar-refractivity contribution in [3.8, 4) is 17.2 Å². The lowest BCUT2D eigenvalue weighted by Gasteiger charge is -2.32. The van der Waals surface area contributed by atoms with Crippen LogP contribution >= 0.6 is 0 Å². The average Bonchev–Trinajstić information content (AvgIpc) is 3.17. The maximum atomic E-state index is 15.2. The van der Waals surface area contributed by atoms with Gasteiger partial charge in [-0.2, -0.15) is 0 Å². The fourth-order valence-corrected chi connectivity index (χ4v) is 5.03. The molecule has 0 bridgehead atoms. The van der Waals surface area contributed by atoms with E-state index in [0.717, 1.165) is 18.4 Å². The zero-order valence-corrected chi connectivity index (χ0v) is 22.3. The SMILES string of the molecule is COc1cc2c(c(F)c1OC)C(=N)N(CC(=O)c1cc(N3CCCCC3=O)c(OC)c(C(C)(C)C)c1)C2. The Bertz CT molecular complexity index is 1270. The molecular formula is C28H34FN3O5. The Hall–Kier alpha value is -3.62. The van der Waals surface area contributed by atoms with Gasteiger partial charge in [0.15, 0.2) is 23.1 Å². The first-order chi connectivity index (χ1) is 17.5. The summed E-state index contributed by atoms with van der Waals surface area (Å²) in [6, 6.07) is 5.15. The second-order valence-electron chi connectivity index (χ2n) is 10.4. The summed E-state index contributed by atoms with van der Waals surface area (Å²) < 4.78 is 31.3. The number of ether oxygens (including phenoxy) is 3. The molecule has 4 rings (SSSR count). The van der Waals surface area contributed by atoms with Crippen LogP contribution in [-0.4, -0.2) is 56.8 Å². The van der Waals surface area contributed by atoms with Crippen LogP contribution in [0, 0.1) is 11.2 Å². The van der Waals surface area contributed by atoms with Crippen LogP contribution in [0.5, 0.6) is 17.2 Å². The molecule has 2 aliphatic heterocycles. The fourth-order valence-electron chi connectivity index (χ4n) is 5.03. The smallest absolute Gasteiger partial charge is 0.227 e. The molecule has 0 aromatic heterocycles. The van der Waals surface area contributed by atoms with E-state index < -0.39 is 5.82 Å². The maximum Gasteiger partial charge on any atom is 0.227 e. The van der Waals surface area contributed by atoms with Crippen LogP contribution < -0.4 is 19.1 Å². The number of nitrogens with zero attached hydrogens (tertiary/aromatic N) is 2. The highest BCUT2D eigenvalue weighted by Crippen LogP contribution is 2.42. The van der Waals surface area contributed by atoms with Gasteiger partial charge in [0.25, 0.3) is 0 Å². The molecule has 9 heteroatoms. The minimum atomic E-state index is -0.679. The summed E-state index contributed by atoms with van der Waals surface area (Å²) in [7, 11) is 4.34. The summed E-state index contributed by atoms with van der Waals surface area (Å²) in [5, 5.41) is 8.58. The standard InChI is InChI=1S/C28H34FN3O5/c1-28(2,3)18-11-16(12-19(25(18)36-5)32-10-8-7-9-22(32)34)20(33)15-31-14-17-13-21(35-4)26(37-6)24(29)23(17)27(31)30/h11-13,30H,7-10,14-15H2,1-6H3. The number of amides is 1. The molecule has 0 aliphatic carbocycles. The van der Waals surface area contributed by atoms with E-state index in [1.807, 2.05) is 20.8 Å². The van der Waals surface area contributed by atoms with Crippen molar-refractivity contribution in [1.82, 2.24) is 4.90 Å². The molecule has 0 spiro atoms. The largest absolute Gasteiger partial charge is 0.494 e. The lowest BCUT2D eigenvalue weighted by atomic mass is 9.84. The molecule has 8 nitrogen and oxygen atoms in total. The Morgan fingerprint density at radius 3 is 2.35 bits per heavy atom.